The maximum atomic E-state index is 14.6. The van der Waals surface area contributed by atoms with Gasteiger partial charge in [0.1, 0.15) is 5.82 Å². The van der Waals surface area contributed by atoms with E-state index in [9.17, 15) is 4.39 Å². The molecule has 2 heteroatoms. The second kappa shape index (κ2) is 11.6. The third-order valence-electron chi connectivity index (χ3n) is 5.75. The van der Waals surface area contributed by atoms with Gasteiger partial charge in [-0.1, -0.05) is 82.3 Å². The van der Waals surface area contributed by atoms with Crippen LogP contribution in [0.25, 0.3) is 22.4 Å². The lowest BCUT2D eigenvalue weighted by atomic mass is 10.0. The summed E-state index contributed by atoms with van der Waals surface area (Å²) in [7, 11) is 0. The molecule has 158 valence electrons. The van der Waals surface area contributed by atoms with E-state index >= 15 is 0 Å². The number of aromatic nitrogens is 1. The molecule has 0 amide bonds. The lowest BCUT2D eigenvalue weighted by molar-refractivity contribution is 0.626. The van der Waals surface area contributed by atoms with E-state index in [2.05, 4.69) is 43.1 Å². The molecule has 0 unspecified atom stereocenters. The number of unbranched alkanes of at least 4 members (excludes halogenated alkanes) is 5. The average Bonchev–Trinajstić information content (AvgIpc) is 2.78. The summed E-state index contributed by atoms with van der Waals surface area (Å²) in [6.45, 7) is 4.42. The number of halogens is 1. The van der Waals surface area contributed by atoms with Crippen molar-refractivity contribution in [1.29, 1.82) is 0 Å². The molecule has 0 aliphatic rings. The third kappa shape index (κ3) is 6.26. The predicted octanol–water partition coefficient (Wildman–Crippen LogP) is 8.41. The number of rotatable bonds is 11. The molecule has 0 spiro atoms. The Kier molecular flexibility index (Phi) is 8.62. The van der Waals surface area contributed by atoms with Gasteiger partial charge in [-0.2, -0.15) is 0 Å². The van der Waals surface area contributed by atoms with Crippen LogP contribution in [0.4, 0.5) is 4.39 Å². The lowest BCUT2D eigenvalue weighted by Crippen LogP contribution is -1.92. The van der Waals surface area contributed by atoms with Gasteiger partial charge in [-0.3, -0.25) is 4.98 Å². The molecule has 0 radical (unpaired) electrons. The van der Waals surface area contributed by atoms with Gasteiger partial charge in [0.15, 0.2) is 0 Å². The molecule has 0 saturated carbocycles. The summed E-state index contributed by atoms with van der Waals surface area (Å²) in [5, 5.41) is 0. The summed E-state index contributed by atoms with van der Waals surface area (Å²) < 4.78 is 14.6. The first-order valence-corrected chi connectivity index (χ1v) is 11.6. The van der Waals surface area contributed by atoms with Crippen LogP contribution in [0, 0.1) is 5.82 Å². The second-order valence-electron chi connectivity index (χ2n) is 8.21. The van der Waals surface area contributed by atoms with Crippen LogP contribution in [0.15, 0.2) is 60.8 Å². The summed E-state index contributed by atoms with van der Waals surface area (Å²) in [6, 6.07) is 18.3. The smallest absolute Gasteiger partial charge is 0.132 e. The first-order valence-electron chi connectivity index (χ1n) is 11.6. The molecule has 3 aromatic rings. The van der Waals surface area contributed by atoms with Gasteiger partial charge in [0.2, 0.25) is 0 Å². The summed E-state index contributed by atoms with van der Waals surface area (Å²) in [5.74, 6) is -0.184. The zero-order valence-corrected chi connectivity index (χ0v) is 18.5. The Morgan fingerprint density at radius 1 is 0.667 bits per heavy atom. The molecule has 2 aromatic carbocycles. The van der Waals surface area contributed by atoms with Crippen molar-refractivity contribution in [2.45, 2.75) is 71.6 Å². The fourth-order valence-corrected chi connectivity index (χ4v) is 3.84. The molecule has 30 heavy (non-hydrogen) atoms. The largest absolute Gasteiger partial charge is 0.256 e. The Morgan fingerprint density at radius 2 is 1.30 bits per heavy atom. The van der Waals surface area contributed by atoms with E-state index in [0.29, 0.717) is 11.3 Å². The van der Waals surface area contributed by atoms with Gasteiger partial charge in [0.05, 0.1) is 5.69 Å². The highest BCUT2D eigenvalue weighted by Gasteiger charge is 2.08. The van der Waals surface area contributed by atoms with Crippen LogP contribution in [-0.2, 0) is 12.8 Å². The van der Waals surface area contributed by atoms with E-state index in [4.69, 9.17) is 0 Å². The highest BCUT2D eigenvalue weighted by atomic mass is 19.1. The molecule has 0 aliphatic carbocycles. The monoisotopic (exact) mass is 403 g/mol. The van der Waals surface area contributed by atoms with E-state index in [1.165, 1.54) is 44.1 Å². The van der Waals surface area contributed by atoms with Gasteiger partial charge in [0.25, 0.3) is 0 Å². The van der Waals surface area contributed by atoms with E-state index in [1.807, 2.05) is 30.5 Å². The standard InChI is InChI=1S/C28H34FN/c1-3-5-7-9-10-22-12-15-24(16-13-22)25-17-19-28(30-21-25)26-18-14-23(20-27(26)29)11-8-6-4-2/h12-21H,3-11H2,1-2H3. The second-order valence-corrected chi connectivity index (χ2v) is 8.21. The Hall–Kier alpha value is -2.48. The molecule has 0 atom stereocenters. The number of hydrogen-bond donors (Lipinski definition) is 0. The van der Waals surface area contributed by atoms with Crippen molar-refractivity contribution in [3.8, 4) is 22.4 Å². The highest BCUT2D eigenvalue weighted by molar-refractivity contribution is 5.67. The molecular weight excluding hydrogens is 369 g/mol. The Morgan fingerprint density at radius 3 is 1.97 bits per heavy atom. The minimum Gasteiger partial charge on any atom is -0.256 e. The summed E-state index contributed by atoms with van der Waals surface area (Å²) in [5.41, 5.74) is 5.93. The predicted molar refractivity (Wildman–Crippen MR) is 126 cm³/mol. The molecule has 0 fully saturated rings. The molecule has 3 rings (SSSR count). The van der Waals surface area contributed by atoms with Crippen molar-refractivity contribution in [2.24, 2.45) is 0 Å². The Balaban J connectivity index is 1.64. The topological polar surface area (TPSA) is 12.9 Å². The third-order valence-corrected chi connectivity index (χ3v) is 5.75. The molecule has 0 bridgehead atoms. The van der Waals surface area contributed by atoms with Crippen molar-refractivity contribution < 1.29 is 4.39 Å². The van der Waals surface area contributed by atoms with Crippen molar-refractivity contribution in [3.05, 3.63) is 77.7 Å². The van der Waals surface area contributed by atoms with Crippen LogP contribution in [0.3, 0.4) is 0 Å². The maximum absolute atomic E-state index is 14.6. The SMILES string of the molecule is CCCCCCc1ccc(-c2ccc(-c3ccc(CCCCC)cc3F)nc2)cc1. The van der Waals surface area contributed by atoms with Crippen LogP contribution >= 0.6 is 0 Å². The summed E-state index contributed by atoms with van der Waals surface area (Å²) in [4.78, 5) is 4.54. The van der Waals surface area contributed by atoms with E-state index < -0.39 is 0 Å². The highest BCUT2D eigenvalue weighted by Crippen LogP contribution is 2.26. The first kappa shape index (κ1) is 22.2. The van der Waals surface area contributed by atoms with Crippen LogP contribution in [0.5, 0.6) is 0 Å². The average molecular weight is 404 g/mol. The normalized spacial score (nSPS) is 11.0. The number of hydrogen-bond acceptors (Lipinski definition) is 1. The van der Waals surface area contributed by atoms with Gasteiger partial charge in [-0.25, -0.2) is 4.39 Å². The molecule has 0 N–H and O–H groups in total. The molecule has 0 aliphatic heterocycles. The van der Waals surface area contributed by atoms with Crippen LogP contribution < -0.4 is 0 Å². The van der Waals surface area contributed by atoms with E-state index in [-0.39, 0.29) is 5.82 Å². The lowest BCUT2D eigenvalue weighted by Gasteiger charge is -2.08. The van der Waals surface area contributed by atoms with Gasteiger partial charge < -0.3 is 0 Å². The quantitative estimate of drug-likeness (QED) is 0.293. The Labute approximate surface area is 181 Å². The van der Waals surface area contributed by atoms with Crippen molar-refractivity contribution >= 4 is 0 Å². The van der Waals surface area contributed by atoms with Crippen LogP contribution in [0.2, 0.25) is 0 Å². The molecule has 1 aromatic heterocycles. The van der Waals surface area contributed by atoms with Crippen LogP contribution in [-0.4, -0.2) is 4.98 Å². The number of nitrogens with zero attached hydrogens (tertiary/aromatic N) is 1. The Bertz CT molecular complexity index is 897. The molecular formula is C28H34FN. The van der Waals surface area contributed by atoms with E-state index in [0.717, 1.165) is 36.0 Å². The van der Waals surface area contributed by atoms with Gasteiger partial charge in [0, 0.05) is 17.3 Å². The molecule has 0 saturated heterocycles. The molecule has 1 nitrogen and oxygen atoms in total. The fourth-order valence-electron chi connectivity index (χ4n) is 3.84. The summed E-state index contributed by atoms with van der Waals surface area (Å²) in [6.07, 6.45) is 12.6. The summed E-state index contributed by atoms with van der Waals surface area (Å²) >= 11 is 0. The van der Waals surface area contributed by atoms with Crippen molar-refractivity contribution in [2.75, 3.05) is 0 Å². The van der Waals surface area contributed by atoms with Crippen molar-refractivity contribution in [1.82, 2.24) is 4.98 Å². The first-order chi connectivity index (χ1) is 14.7. The van der Waals surface area contributed by atoms with Crippen molar-refractivity contribution in [3.63, 3.8) is 0 Å². The maximum Gasteiger partial charge on any atom is 0.132 e. The van der Waals surface area contributed by atoms with Gasteiger partial charge in [-0.15, -0.1) is 0 Å². The number of benzene rings is 2. The zero-order valence-electron chi connectivity index (χ0n) is 18.5. The minimum absolute atomic E-state index is 0.184. The fraction of sp³-hybridized carbons (Fsp3) is 0.393. The van der Waals surface area contributed by atoms with Gasteiger partial charge in [-0.05, 0) is 60.6 Å². The van der Waals surface area contributed by atoms with E-state index in [1.54, 1.807) is 6.07 Å². The molecule has 1 heterocycles. The van der Waals surface area contributed by atoms with Crippen LogP contribution in [0.1, 0.15) is 69.9 Å². The number of aryl methyl sites for hydroxylation is 2. The van der Waals surface area contributed by atoms with Gasteiger partial charge >= 0.3 is 0 Å². The zero-order chi connectivity index (χ0) is 21.2. The number of pyridine rings is 1. The minimum atomic E-state index is -0.184.